The van der Waals surface area contributed by atoms with Crippen LogP contribution < -0.4 is 9.04 Å². The van der Waals surface area contributed by atoms with Gasteiger partial charge in [0.2, 0.25) is 0 Å². The van der Waals surface area contributed by atoms with Gasteiger partial charge in [-0.3, -0.25) is 4.31 Å². The van der Waals surface area contributed by atoms with Gasteiger partial charge in [-0.15, -0.1) is 0 Å². The van der Waals surface area contributed by atoms with E-state index in [0.29, 0.717) is 18.0 Å². The summed E-state index contributed by atoms with van der Waals surface area (Å²) in [5.41, 5.74) is 0.353. The average Bonchev–Trinajstić information content (AvgIpc) is 2.49. The van der Waals surface area contributed by atoms with Crippen LogP contribution in [0.15, 0.2) is 47.4 Å². The molecule has 2 aromatic rings. The molecule has 2 rings (SSSR count). The first-order valence-electron chi connectivity index (χ1n) is 6.53. The van der Waals surface area contributed by atoms with Crippen molar-refractivity contribution in [1.29, 1.82) is 0 Å². The lowest BCUT2D eigenvalue weighted by atomic mass is 10.3. The molecule has 0 radical (unpaired) electrons. The van der Waals surface area contributed by atoms with Crippen molar-refractivity contribution in [2.24, 2.45) is 0 Å². The van der Waals surface area contributed by atoms with E-state index in [1.54, 1.807) is 0 Å². The second kappa shape index (κ2) is 6.54. The molecule has 0 N–H and O–H groups in total. The third-order valence-electron chi connectivity index (χ3n) is 3.05. The van der Waals surface area contributed by atoms with Gasteiger partial charge in [-0.2, -0.15) is 0 Å². The Bertz CT molecular complexity index is 763. The number of nitrogens with zero attached hydrogens (tertiary/aromatic N) is 1. The molecule has 0 aliphatic rings. The van der Waals surface area contributed by atoms with Gasteiger partial charge in [-0.05, 0) is 49.4 Å². The fourth-order valence-corrected chi connectivity index (χ4v) is 3.38. The highest BCUT2D eigenvalue weighted by molar-refractivity contribution is 7.92. The summed E-state index contributed by atoms with van der Waals surface area (Å²) in [5.74, 6) is -0.00814. The van der Waals surface area contributed by atoms with Crippen LogP contribution in [0.1, 0.15) is 6.92 Å². The SMILES string of the molecule is CCOc1ccc(S(=O)(=O)N(C)c2ccc(F)cc2)cc1Cl. The molecular weight excluding hydrogens is 329 g/mol. The summed E-state index contributed by atoms with van der Waals surface area (Å²) in [4.78, 5) is 0.0350. The van der Waals surface area contributed by atoms with E-state index >= 15 is 0 Å². The molecule has 0 aliphatic carbocycles. The van der Waals surface area contributed by atoms with Gasteiger partial charge in [0.05, 0.1) is 22.2 Å². The van der Waals surface area contributed by atoms with E-state index in [4.69, 9.17) is 16.3 Å². The number of sulfonamides is 1. The van der Waals surface area contributed by atoms with E-state index in [9.17, 15) is 12.8 Å². The summed E-state index contributed by atoms with van der Waals surface area (Å²) in [6.07, 6.45) is 0. The third kappa shape index (κ3) is 3.34. The number of rotatable bonds is 5. The van der Waals surface area contributed by atoms with Crippen LogP contribution in [0.5, 0.6) is 5.75 Å². The molecule has 4 nitrogen and oxygen atoms in total. The maximum Gasteiger partial charge on any atom is 0.264 e. The number of hydrogen-bond donors (Lipinski definition) is 0. The molecule has 0 heterocycles. The van der Waals surface area contributed by atoms with Crippen molar-refractivity contribution in [2.75, 3.05) is 18.0 Å². The largest absolute Gasteiger partial charge is 0.492 e. The van der Waals surface area contributed by atoms with Gasteiger partial charge in [-0.25, -0.2) is 12.8 Å². The molecule has 0 spiro atoms. The first-order chi connectivity index (χ1) is 10.4. The van der Waals surface area contributed by atoms with Crippen LogP contribution in [-0.4, -0.2) is 22.1 Å². The zero-order valence-electron chi connectivity index (χ0n) is 12.1. The summed E-state index contributed by atoms with van der Waals surface area (Å²) in [5, 5.41) is 0.218. The van der Waals surface area contributed by atoms with Crippen molar-refractivity contribution in [1.82, 2.24) is 0 Å². The van der Waals surface area contributed by atoms with E-state index in [1.807, 2.05) is 6.92 Å². The molecule has 0 atom stereocenters. The minimum absolute atomic E-state index is 0.0350. The van der Waals surface area contributed by atoms with Gasteiger partial charge < -0.3 is 4.74 Å². The van der Waals surface area contributed by atoms with Crippen LogP contribution in [0.2, 0.25) is 5.02 Å². The van der Waals surface area contributed by atoms with Gasteiger partial charge in [-0.1, -0.05) is 11.6 Å². The van der Waals surface area contributed by atoms with Crippen molar-refractivity contribution < 1.29 is 17.5 Å². The van der Waals surface area contributed by atoms with Crippen LogP contribution in [0.25, 0.3) is 0 Å². The van der Waals surface area contributed by atoms with E-state index in [-0.39, 0.29) is 9.92 Å². The normalized spacial score (nSPS) is 11.3. The molecule has 0 amide bonds. The monoisotopic (exact) mass is 343 g/mol. The van der Waals surface area contributed by atoms with Crippen LogP contribution in [0.4, 0.5) is 10.1 Å². The molecule has 0 aromatic heterocycles. The molecule has 0 saturated carbocycles. The topological polar surface area (TPSA) is 46.6 Å². The number of halogens is 2. The summed E-state index contributed by atoms with van der Waals surface area (Å²) in [6, 6.07) is 9.45. The molecule has 0 aliphatic heterocycles. The van der Waals surface area contributed by atoms with Gasteiger partial charge >= 0.3 is 0 Å². The highest BCUT2D eigenvalue weighted by Gasteiger charge is 2.22. The number of anilines is 1. The van der Waals surface area contributed by atoms with E-state index in [0.717, 1.165) is 4.31 Å². The Kier molecular flexibility index (Phi) is 4.93. The fraction of sp³-hybridized carbons (Fsp3) is 0.200. The van der Waals surface area contributed by atoms with E-state index in [2.05, 4.69) is 0 Å². The zero-order chi connectivity index (χ0) is 16.3. The molecule has 2 aromatic carbocycles. The molecular formula is C15H15ClFNO3S. The molecule has 22 heavy (non-hydrogen) atoms. The van der Waals surface area contributed by atoms with Crippen LogP contribution in [-0.2, 0) is 10.0 Å². The predicted molar refractivity (Wildman–Crippen MR) is 84.6 cm³/mol. The van der Waals surface area contributed by atoms with Gasteiger partial charge in [0.1, 0.15) is 11.6 Å². The summed E-state index contributed by atoms with van der Waals surface area (Å²) < 4.78 is 44.4. The lowest BCUT2D eigenvalue weighted by Crippen LogP contribution is -2.26. The van der Waals surface area contributed by atoms with Gasteiger partial charge in [0.15, 0.2) is 0 Å². The highest BCUT2D eigenvalue weighted by atomic mass is 35.5. The first-order valence-corrected chi connectivity index (χ1v) is 8.35. The number of benzene rings is 2. The lowest BCUT2D eigenvalue weighted by molar-refractivity contribution is 0.340. The minimum atomic E-state index is -3.79. The summed E-state index contributed by atoms with van der Waals surface area (Å²) >= 11 is 6.03. The average molecular weight is 344 g/mol. The summed E-state index contributed by atoms with van der Waals surface area (Å²) in [6.45, 7) is 2.24. The Balaban J connectivity index is 2.37. The fourth-order valence-electron chi connectivity index (χ4n) is 1.86. The minimum Gasteiger partial charge on any atom is -0.492 e. The Labute approximate surface area is 134 Å². The predicted octanol–water partition coefficient (Wildman–Crippen LogP) is 3.70. The van der Waals surface area contributed by atoms with Gasteiger partial charge in [0, 0.05) is 7.05 Å². The number of hydrogen-bond acceptors (Lipinski definition) is 3. The smallest absolute Gasteiger partial charge is 0.264 e. The highest BCUT2D eigenvalue weighted by Crippen LogP contribution is 2.30. The van der Waals surface area contributed by atoms with Gasteiger partial charge in [0.25, 0.3) is 10.0 Å². The molecule has 7 heteroatoms. The quantitative estimate of drug-likeness (QED) is 0.831. The summed E-state index contributed by atoms with van der Waals surface area (Å²) in [7, 11) is -2.39. The van der Waals surface area contributed by atoms with Crippen molar-refractivity contribution in [3.05, 3.63) is 53.3 Å². The van der Waals surface area contributed by atoms with E-state index < -0.39 is 15.8 Å². The zero-order valence-corrected chi connectivity index (χ0v) is 13.7. The van der Waals surface area contributed by atoms with Crippen molar-refractivity contribution in [3.63, 3.8) is 0 Å². The Morgan fingerprint density at radius 1 is 1.18 bits per heavy atom. The molecule has 118 valence electrons. The molecule has 0 bridgehead atoms. The maximum atomic E-state index is 12.9. The third-order valence-corrected chi connectivity index (χ3v) is 5.13. The first kappa shape index (κ1) is 16.6. The number of ether oxygens (including phenoxy) is 1. The standard InChI is InChI=1S/C15H15ClFNO3S/c1-3-21-15-9-8-13(10-14(15)16)22(19,20)18(2)12-6-4-11(17)5-7-12/h4-10H,3H2,1-2H3. The Morgan fingerprint density at radius 3 is 2.36 bits per heavy atom. The van der Waals surface area contributed by atoms with E-state index in [1.165, 1.54) is 49.5 Å². The Morgan fingerprint density at radius 2 is 1.82 bits per heavy atom. The van der Waals surface area contributed by atoms with Crippen molar-refractivity contribution in [2.45, 2.75) is 11.8 Å². The molecule has 0 saturated heterocycles. The lowest BCUT2D eigenvalue weighted by Gasteiger charge is -2.20. The van der Waals surface area contributed by atoms with Crippen LogP contribution in [0, 0.1) is 5.82 Å². The van der Waals surface area contributed by atoms with Crippen molar-refractivity contribution in [3.8, 4) is 5.75 Å². The second-order valence-electron chi connectivity index (χ2n) is 4.47. The Hall–Kier alpha value is -1.79. The second-order valence-corrected chi connectivity index (χ2v) is 6.85. The maximum absolute atomic E-state index is 12.9. The van der Waals surface area contributed by atoms with Crippen LogP contribution >= 0.6 is 11.6 Å². The van der Waals surface area contributed by atoms with Crippen molar-refractivity contribution >= 4 is 27.3 Å². The molecule has 0 unspecified atom stereocenters. The molecule has 0 fully saturated rings. The van der Waals surface area contributed by atoms with Crippen LogP contribution in [0.3, 0.4) is 0 Å².